The van der Waals surface area contributed by atoms with Crippen LogP contribution in [0.3, 0.4) is 0 Å². The molecule has 2 heterocycles. The van der Waals surface area contributed by atoms with Crippen LogP contribution >= 0.6 is 0 Å². The molecule has 1 atom stereocenters. The number of carbonyl (C=O) groups excluding carboxylic acids is 2. The minimum absolute atomic E-state index is 0.158. The molecular formula is C15H23N5O4S. The zero-order chi connectivity index (χ0) is 18.4. The van der Waals surface area contributed by atoms with Crippen LogP contribution in [-0.4, -0.2) is 73.3 Å². The lowest BCUT2D eigenvalue weighted by Gasteiger charge is -2.36. The van der Waals surface area contributed by atoms with Crippen LogP contribution in [0.5, 0.6) is 0 Å². The molecule has 1 aromatic heterocycles. The van der Waals surface area contributed by atoms with Crippen LogP contribution in [-0.2, 0) is 14.8 Å². The van der Waals surface area contributed by atoms with E-state index in [0.29, 0.717) is 19.6 Å². The third kappa shape index (κ3) is 4.74. The van der Waals surface area contributed by atoms with Crippen molar-refractivity contribution in [2.75, 3.05) is 32.7 Å². The van der Waals surface area contributed by atoms with Gasteiger partial charge in [0.15, 0.2) is 0 Å². The summed E-state index contributed by atoms with van der Waals surface area (Å²) in [5.41, 5.74) is 0. The van der Waals surface area contributed by atoms with Crippen molar-refractivity contribution in [3.05, 3.63) is 24.5 Å². The minimum atomic E-state index is -3.58. The number of sulfonamides is 1. The second-order valence-electron chi connectivity index (χ2n) is 5.65. The van der Waals surface area contributed by atoms with E-state index in [2.05, 4.69) is 15.6 Å². The summed E-state index contributed by atoms with van der Waals surface area (Å²) in [7, 11) is -3.58. The number of imide groups is 1. The van der Waals surface area contributed by atoms with E-state index in [1.807, 2.05) is 4.90 Å². The Labute approximate surface area is 147 Å². The number of hydrogen-bond acceptors (Lipinski definition) is 6. The summed E-state index contributed by atoms with van der Waals surface area (Å²) in [4.78, 5) is 29.4. The molecule has 2 N–H and O–H groups in total. The highest BCUT2D eigenvalue weighted by Gasteiger charge is 2.32. The lowest BCUT2D eigenvalue weighted by atomic mass is 10.2. The molecule has 9 nitrogen and oxygen atoms in total. The van der Waals surface area contributed by atoms with Gasteiger partial charge in [-0.2, -0.15) is 4.31 Å². The number of nitrogens with zero attached hydrogens (tertiary/aromatic N) is 3. The third-order valence-electron chi connectivity index (χ3n) is 4.05. The number of urea groups is 1. The maximum absolute atomic E-state index is 12.6. The van der Waals surface area contributed by atoms with Crippen molar-refractivity contribution in [2.45, 2.75) is 24.8 Å². The van der Waals surface area contributed by atoms with E-state index in [1.54, 1.807) is 19.9 Å². The van der Waals surface area contributed by atoms with Crippen molar-refractivity contribution in [1.29, 1.82) is 0 Å². The Morgan fingerprint density at radius 1 is 1.28 bits per heavy atom. The summed E-state index contributed by atoms with van der Waals surface area (Å²) in [6.07, 6.45) is 2.84. The quantitative estimate of drug-likeness (QED) is 0.732. The molecule has 0 bridgehead atoms. The summed E-state index contributed by atoms with van der Waals surface area (Å²) < 4.78 is 26.5. The Kier molecular flexibility index (Phi) is 6.45. The molecule has 10 heteroatoms. The highest BCUT2D eigenvalue weighted by molar-refractivity contribution is 7.89. The predicted molar refractivity (Wildman–Crippen MR) is 91.2 cm³/mol. The SMILES string of the molecule is CCNC(=O)NC(=O)C(C)N1CCN(S(=O)(=O)c2cccnc2)CC1. The van der Waals surface area contributed by atoms with E-state index in [1.165, 1.54) is 22.8 Å². The summed E-state index contributed by atoms with van der Waals surface area (Å²) in [6.45, 7) is 5.24. The van der Waals surface area contributed by atoms with Crippen LogP contribution in [0.2, 0.25) is 0 Å². The Hall–Kier alpha value is -2.04. The van der Waals surface area contributed by atoms with Crippen molar-refractivity contribution in [2.24, 2.45) is 0 Å². The molecular weight excluding hydrogens is 346 g/mol. The molecule has 25 heavy (non-hydrogen) atoms. The second kappa shape index (κ2) is 8.37. The number of nitrogens with one attached hydrogen (secondary N) is 2. The lowest BCUT2D eigenvalue weighted by molar-refractivity contribution is -0.125. The van der Waals surface area contributed by atoms with E-state index in [9.17, 15) is 18.0 Å². The molecule has 1 aliphatic heterocycles. The van der Waals surface area contributed by atoms with Gasteiger partial charge in [0.05, 0.1) is 6.04 Å². The van der Waals surface area contributed by atoms with Gasteiger partial charge in [-0.15, -0.1) is 0 Å². The molecule has 0 spiro atoms. The van der Waals surface area contributed by atoms with Gasteiger partial charge < -0.3 is 5.32 Å². The van der Waals surface area contributed by atoms with Gasteiger partial charge in [-0.25, -0.2) is 13.2 Å². The lowest BCUT2D eigenvalue weighted by Crippen LogP contribution is -2.56. The first-order valence-electron chi connectivity index (χ1n) is 8.09. The summed E-state index contributed by atoms with van der Waals surface area (Å²) in [5, 5.41) is 4.77. The number of amides is 3. The van der Waals surface area contributed by atoms with Gasteiger partial charge in [-0.3, -0.25) is 20.0 Å². The fourth-order valence-corrected chi connectivity index (χ4v) is 3.95. The first kappa shape index (κ1) is 19.3. The second-order valence-corrected chi connectivity index (χ2v) is 7.59. The van der Waals surface area contributed by atoms with Crippen LogP contribution in [0.1, 0.15) is 13.8 Å². The number of hydrogen-bond donors (Lipinski definition) is 2. The highest BCUT2D eigenvalue weighted by Crippen LogP contribution is 2.17. The first-order valence-corrected chi connectivity index (χ1v) is 9.53. The molecule has 1 aromatic rings. The van der Waals surface area contributed by atoms with Gasteiger partial charge >= 0.3 is 6.03 Å². The fourth-order valence-electron chi connectivity index (χ4n) is 2.57. The van der Waals surface area contributed by atoms with Crippen molar-refractivity contribution >= 4 is 22.0 Å². The number of aromatic nitrogens is 1. The summed E-state index contributed by atoms with van der Waals surface area (Å²) >= 11 is 0. The van der Waals surface area contributed by atoms with Gasteiger partial charge in [0.2, 0.25) is 15.9 Å². The number of carbonyl (C=O) groups is 2. The Bertz CT molecular complexity index is 702. The average molecular weight is 369 g/mol. The van der Waals surface area contributed by atoms with Gasteiger partial charge in [0.25, 0.3) is 0 Å². The topological polar surface area (TPSA) is 112 Å². The van der Waals surface area contributed by atoms with Gasteiger partial charge in [-0.1, -0.05) is 0 Å². The molecule has 138 valence electrons. The van der Waals surface area contributed by atoms with Crippen LogP contribution in [0, 0.1) is 0 Å². The maximum atomic E-state index is 12.6. The van der Waals surface area contributed by atoms with E-state index in [-0.39, 0.29) is 18.0 Å². The van der Waals surface area contributed by atoms with Crippen molar-refractivity contribution in [3.63, 3.8) is 0 Å². The summed E-state index contributed by atoms with van der Waals surface area (Å²) in [5.74, 6) is -0.408. The Morgan fingerprint density at radius 2 is 1.96 bits per heavy atom. The van der Waals surface area contributed by atoms with Crippen molar-refractivity contribution in [3.8, 4) is 0 Å². The van der Waals surface area contributed by atoms with Gasteiger partial charge in [0, 0.05) is 45.1 Å². The van der Waals surface area contributed by atoms with Gasteiger partial charge in [-0.05, 0) is 26.0 Å². The molecule has 0 radical (unpaired) electrons. The van der Waals surface area contributed by atoms with E-state index < -0.39 is 28.0 Å². The zero-order valence-electron chi connectivity index (χ0n) is 14.3. The number of pyridine rings is 1. The summed E-state index contributed by atoms with van der Waals surface area (Å²) in [6, 6.07) is 2.04. The minimum Gasteiger partial charge on any atom is -0.338 e. The van der Waals surface area contributed by atoms with Crippen LogP contribution in [0.25, 0.3) is 0 Å². The van der Waals surface area contributed by atoms with Gasteiger partial charge in [0.1, 0.15) is 4.90 Å². The molecule has 1 aliphatic rings. The zero-order valence-corrected chi connectivity index (χ0v) is 15.1. The normalized spacial score (nSPS) is 17.7. The molecule has 3 amide bonds. The molecule has 0 aliphatic carbocycles. The first-order chi connectivity index (χ1) is 11.9. The predicted octanol–water partition coefficient (Wildman–Crippen LogP) is -0.378. The number of rotatable bonds is 5. The molecule has 1 fully saturated rings. The van der Waals surface area contributed by atoms with Crippen LogP contribution in [0.15, 0.2) is 29.4 Å². The molecule has 2 rings (SSSR count). The maximum Gasteiger partial charge on any atom is 0.321 e. The molecule has 1 saturated heterocycles. The Morgan fingerprint density at radius 3 is 2.52 bits per heavy atom. The molecule has 0 saturated carbocycles. The van der Waals surface area contributed by atoms with E-state index in [0.717, 1.165) is 0 Å². The average Bonchev–Trinajstić information content (AvgIpc) is 2.62. The molecule has 0 aromatic carbocycles. The van der Waals surface area contributed by atoms with E-state index in [4.69, 9.17) is 0 Å². The van der Waals surface area contributed by atoms with E-state index >= 15 is 0 Å². The van der Waals surface area contributed by atoms with Crippen molar-refractivity contribution < 1.29 is 18.0 Å². The largest absolute Gasteiger partial charge is 0.338 e. The molecule has 1 unspecified atom stereocenters. The smallest absolute Gasteiger partial charge is 0.321 e. The van der Waals surface area contributed by atoms with Crippen LogP contribution < -0.4 is 10.6 Å². The van der Waals surface area contributed by atoms with Crippen LogP contribution in [0.4, 0.5) is 4.79 Å². The Balaban J connectivity index is 1.93. The fraction of sp³-hybridized carbons (Fsp3) is 0.533. The van der Waals surface area contributed by atoms with Crippen molar-refractivity contribution in [1.82, 2.24) is 24.8 Å². The third-order valence-corrected chi connectivity index (χ3v) is 5.93. The monoisotopic (exact) mass is 369 g/mol. The standard InChI is InChI=1S/C15H23N5O4S/c1-3-17-15(22)18-14(21)12(2)19-7-9-20(10-8-19)25(23,24)13-5-4-6-16-11-13/h4-6,11-12H,3,7-10H2,1-2H3,(H2,17,18,21,22). The highest BCUT2D eigenvalue weighted by atomic mass is 32.2. The number of piperazine rings is 1.